The summed E-state index contributed by atoms with van der Waals surface area (Å²) in [5.74, 6) is 0.964. The van der Waals surface area contributed by atoms with Crippen LogP contribution in [0.2, 0.25) is 0 Å². The molecule has 5 rings (SSSR count). The molecule has 1 aliphatic carbocycles. The fourth-order valence-electron chi connectivity index (χ4n) is 3.99. The molecule has 0 radical (unpaired) electrons. The maximum atomic E-state index is 11.4. The number of carboxylic acids is 1. The highest BCUT2D eigenvalue weighted by Gasteiger charge is 2.24. The minimum Gasteiger partial charge on any atom is -0.493 e. The first-order chi connectivity index (χ1) is 14.7. The molecule has 2 aromatic heterocycles. The summed E-state index contributed by atoms with van der Waals surface area (Å²) in [5.41, 5.74) is 4.12. The van der Waals surface area contributed by atoms with Gasteiger partial charge >= 0.3 is 5.97 Å². The van der Waals surface area contributed by atoms with Crippen molar-refractivity contribution in [1.82, 2.24) is 14.8 Å². The molecule has 0 unspecified atom stereocenters. The number of pyridine rings is 1. The number of rotatable bonds is 7. The average molecular weight is 404 g/mol. The van der Waals surface area contributed by atoms with Gasteiger partial charge in [0.15, 0.2) is 0 Å². The molecule has 2 N–H and O–H groups in total. The Hall–Kier alpha value is -3.35. The summed E-state index contributed by atoms with van der Waals surface area (Å²) in [7, 11) is 0. The Balaban J connectivity index is 1.32. The van der Waals surface area contributed by atoms with Crippen molar-refractivity contribution in [2.45, 2.75) is 31.7 Å². The Morgan fingerprint density at radius 3 is 2.93 bits per heavy atom. The van der Waals surface area contributed by atoms with E-state index in [0.29, 0.717) is 18.8 Å². The molecule has 154 valence electrons. The molecule has 1 saturated carbocycles. The highest BCUT2D eigenvalue weighted by molar-refractivity contribution is 5.93. The number of benzene rings is 1. The quantitative estimate of drug-likeness (QED) is 0.618. The van der Waals surface area contributed by atoms with E-state index in [1.807, 2.05) is 10.9 Å². The number of fused-ring (bicyclic) bond motifs is 1. The summed E-state index contributed by atoms with van der Waals surface area (Å²) in [4.78, 5) is 15.5. The predicted molar refractivity (Wildman–Crippen MR) is 113 cm³/mol. The minimum absolute atomic E-state index is 0.232. The van der Waals surface area contributed by atoms with Gasteiger partial charge < -0.3 is 15.2 Å². The SMILES string of the molecule is O=C(O)c1ccncc1NC[C@H]1CCOc2cc(-c3cnn(CC4CC4)c3)ccc21. The van der Waals surface area contributed by atoms with Crippen molar-refractivity contribution >= 4 is 11.7 Å². The fraction of sp³-hybridized carbons (Fsp3) is 0.348. The second-order valence-electron chi connectivity index (χ2n) is 8.09. The highest BCUT2D eigenvalue weighted by Crippen LogP contribution is 2.37. The van der Waals surface area contributed by atoms with Gasteiger partial charge in [-0.15, -0.1) is 0 Å². The molecule has 3 heterocycles. The zero-order valence-corrected chi connectivity index (χ0v) is 16.6. The topological polar surface area (TPSA) is 89.3 Å². The molecule has 7 nitrogen and oxygen atoms in total. The molecule has 1 aliphatic heterocycles. The number of aromatic nitrogens is 3. The third-order valence-corrected chi connectivity index (χ3v) is 5.88. The van der Waals surface area contributed by atoms with Crippen molar-refractivity contribution in [2.75, 3.05) is 18.5 Å². The van der Waals surface area contributed by atoms with Gasteiger partial charge in [0.1, 0.15) is 5.75 Å². The number of nitrogens with one attached hydrogen (secondary N) is 1. The minimum atomic E-state index is -0.959. The number of hydrogen-bond acceptors (Lipinski definition) is 5. The number of aromatic carboxylic acids is 1. The number of ether oxygens (including phenoxy) is 1. The van der Waals surface area contributed by atoms with E-state index in [1.165, 1.54) is 25.1 Å². The van der Waals surface area contributed by atoms with Crippen LogP contribution in [0.15, 0.2) is 49.1 Å². The van der Waals surface area contributed by atoms with Crippen molar-refractivity contribution in [3.8, 4) is 16.9 Å². The van der Waals surface area contributed by atoms with E-state index in [1.54, 1.807) is 6.20 Å². The molecular weight excluding hydrogens is 380 g/mol. The van der Waals surface area contributed by atoms with Crippen molar-refractivity contribution in [3.05, 3.63) is 60.2 Å². The molecule has 3 aromatic rings. The molecule has 7 heteroatoms. The van der Waals surface area contributed by atoms with Gasteiger partial charge in [0.25, 0.3) is 0 Å². The maximum Gasteiger partial charge on any atom is 0.337 e. The molecule has 1 aromatic carbocycles. The molecule has 2 aliphatic rings. The largest absolute Gasteiger partial charge is 0.493 e. The lowest BCUT2D eigenvalue weighted by molar-refractivity contribution is 0.0697. The molecular formula is C23H24N4O3. The van der Waals surface area contributed by atoms with E-state index in [0.717, 1.165) is 41.3 Å². The van der Waals surface area contributed by atoms with Crippen LogP contribution in [0.1, 0.15) is 41.1 Å². The van der Waals surface area contributed by atoms with E-state index in [4.69, 9.17) is 4.74 Å². The van der Waals surface area contributed by atoms with Crippen LogP contribution in [-0.2, 0) is 6.54 Å². The van der Waals surface area contributed by atoms with Crippen LogP contribution >= 0.6 is 0 Å². The van der Waals surface area contributed by atoms with Gasteiger partial charge in [0, 0.05) is 37.0 Å². The molecule has 0 saturated heterocycles. The summed E-state index contributed by atoms with van der Waals surface area (Å²) >= 11 is 0. The Morgan fingerprint density at radius 1 is 1.20 bits per heavy atom. The van der Waals surface area contributed by atoms with Crippen LogP contribution in [0.3, 0.4) is 0 Å². The molecule has 0 amide bonds. The first kappa shape index (κ1) is 18.7. The molecule has 0 bridgehead atoms. The van der Waals surface area contributed by atoms with Gasteiger partial charge in [-0.3, -0.25) is 9.67 Å². The molecule has 1 fully saturated rings. The molecule has 1 atom stereocenters. The number of carboxylic acid groups (broad SMARTS) is 1. The van der Waals surface area contributed by atoms with E-state index in [2.05, 4.69) is 39.8 Å². The van der Waals surface area contributed by atoms with Crippen LogP contribution in [0.4, 0.5) is 5.69 Å². The Labute approximate surface area is 174 Å². The third kappa shape index (κ3) is 3.87. The number of nitrogens with zero attached hydrogens (tertiary/aromatic N) is 3. The first-order valence-electron chi connectivity index (χ1n) is 10.4. The lowest BCUT2D eigenvalue weighted by atomic mass is 9.91. The number of anilines is 1. The Bertz CT molecular complexity index is 1070. The fourth-order valence-corrected chi connectivity index (χ4v) is 3.99. The van der Waals surface area contributed by atoms with E-state index < -0.39 is 5.97 Å². The van der Waals surface area contributed by atoms with Gasteiger partial charge in [-0.1, -0.05) is 12.1 Å². The van der Waals surface area contributed by atoms with Crippen molar-refractivity contribution in [2.24, 2.45) is 5.92 Å². The van der Waals surface area contributed by atoms with Gasteiger partial charge in [-0.25, -0.2) is 4.79 Å². The Morgan fingerprint density at radius 2 is 2.10 bits per heavy atom. The molecule has 30 heavy (non-hydrogen) atoms. The summed E-state index contributed by atoms with van der Waals surface area (Å²) in [6, 6.07) is 7.84. The number of hydrogen-bond donors (Lipinski definition) is 2. The van der Waals surface area contributed by atoms with Crippen molar-refractivity contribution in [1.29, 1.82) is 0 Å². The third-order valence-electron chi connectivity index (χ3n) is 5.88. The van der Waals surface area contributed by atoms with E-state index in [9.17, 15) is 9.90 Å². The zero-order valence-electron chi connectivity index (χ0n) is 16.6. The average Bonchev–Trinajstić information content (AvgIpc) is 3.46. The van der Waals surface area contributed by atoms with Gasteiger partial charge in [-0.05, 0) is 48.4 Å². The summed E-state index contributed by atoms with van der Waals surface area (Å²) in [6.07, 6.45) is 10.6. The van der Waals surface area contributed by atoms with Crippen LogP contribution in [0.5, 0.6) is 5.75 Å². The standard InChI is InChI=1S/C23H24N4O3/c28-23(29)20-5-7-24-12-21(20)25-10-17-6-8-30-22-9-16(3-4-19(17)22)18-11-26-27(14-18)13-15-1-2-15/h3-5,7,9,11-12,14-15,17,25H,1-2,6,8,10,13H2,(H,28,29)/t17-/m1/s1. The first-order valence-corrected chi connectivity index (χ1v) is 10.4. The Kier molecular flexibility index (Phi) is 4.86. The second-order valence-corrected chi connectivity index (χ2v) is 8.09. The number of carbonyl (C=O) groups is 1. The van der Waals surface area contributed by atoms with Gasteiger partial charge in [-0.2, -0.15) is 5.10 Å². The monoisotopic (exact) mass is 404 g/mol. The summed E-state index contributed by atoms with van der Waals surface area (Å²) in [6.45, 7) is 2.27. The summed E-state index contributed by atoms with van der Waals surface area (Å²) < 4.78 is 7.99. The lowest BCUT2D eigenvalue weighted by Gasteiger charge is -2.27. The van der Waals surface area contributed by atoms with Gasteiger partial charge in [0.05, 0.1) is 30.3 Å². The smallest absolute Gasteiger partial charge is 0.337 e. The normalized spacial score (nSPS) is 17.8. The molecule has 0 spiro atoms. The highest BCUT2D eigenvalue weighted by atomic mass is 16.5. The maximum absolute atomic E-state index is 11.4. The van der Waals surface area contributed by atoms with Crippen molar-refractivity contribution in [3.63, 3.8) is 0 Å². The van der Waals surface area contributed by atoms with Crippen LogP contribution in [0, 0.1) is 5.92 Å². The lowest BCUT2D eigenvalue weighted by Crippen LogP contribution is -2.21. The van der Waals surface area contributed by atoms with Crippen molar-refractivity contribution < 1.29 is 14.6 Å². The van der Waals surface area contributed by atoms with Crippen LogP contribution < -0.4 is 10.1 Å². The van der Waals surface area contributed by atoms with Crippen LogP contribution in [-0.4, -0.2) is 39.0 Å². The van der Waals surface area contributed by atoms with E-state index >= 15 is 0 Å². The second kappa shape index (κ2) is 7.82. The van der Waals surface area contributed by atoms with E-state index in [-0.39, 0.29) is 11.5 Å². The van der Waals surface area contributed by atoms with Crippen LogP contribution in [0.25, 0.3) is 11.1 Å². The summed E-state index contributed by atoms with van der Waals surface area (Å²) in [5, 5.41) is 17.1. The predicted octanol–water partition coefficient (Wildman–Crippen LogP) is 4.03. The van der Waals surface area contributed by atoms with Gasteiger partial charge in [0.2, 0.25) is 0 Å². The zero-order chi connectivity index (χ0) is 20.5.